The number of aromatic nitrogens is 1. The van der Waals surface area contributed by atoms with Gasteiger partial charge in [0, 0.05) is 37.5 Å². The number of hydrogen-bond acceptors (Lipinski definition) is 4. The van der Waals surface area contributed by atoms with Crippen LogP contribution in [0.25, 0.3) is 12.2 Å². The Kier molecular flexibility index (Phi) is 9.17. The monoisotopic (exact) mass is 500 g/mol. The lowest BCUT2D eigenvalue weighted by atomic mass is 10.1. The van der Waals surface area contributed by atoms with Gasteiger partial charge >= 0.3 is 0 Å². The van der Waals surface area contributed by atoms with Crippen molar-refractivity contribution in [3.8, 4) is 0 Å². The SMILES string of the molecule is Cc1ccc(C[n+]2ccc(C=Cc3ccc(N(C)C)cc3)cc2)cc1.Cc1ccc(S(=O)(=O)[O-])cc1. The van der Waals surface area contributed by atoms with Crippen LogP contribution in [0, 0.1) is 13.8 Å². The summed E-state index contributed by atoms with van der Waals surface area (Å²) in [6.07, 6.45) is 8.57. The molecule has 4 aromatic rings. The van der Waals surface area contributed by atoms with Gasteiger partial charge in [-0.15, -0.1) is 0 Å². The van der Waals surface area contributed by atoms with E-state index in [4.69, 9.17) is 0 Å². The Hall–Kier alpha value is -3.74. The fourth-order valence-corrected chi connectivity index (χ4v) is 3.84. The molecule has 6 heteroatoms. The van der Waals surface area contributed by atoms with Crippen LogP contribution in [0.1, 0.15) is 27.8 Å². The summed E-state index contributed by atoms with van der Waals surface area (Å²) in [6.45, 7) is 4.84. The normalized spacial score (nSPS) is 11.1. The molecule has 0 atom stereocenters. The lowest BCUT2D eigenvalue weighted by molar-refractivity contribution is -0.688. The van der Waals surface area contributed by atoms with Crippen LogP contribution in [0.15, 0.2) is 102 Å². The predicted octanol–water partition coefficient (Wildman–Crippen LogP) is 5.47. The quantitative estimate of drug-likeness (QED) is 0.260. The van der Waals surface area contributed by atoms with E-state index in [1.165, 1.54) is 40.1 Å². The number of anilines is 1. The molecule has 186 valence electrons. The predicted molar refractivity (Wildman–Crippen MR) is 146 cm³/mol. The van der Waals surface area contributed by atoms with Gasteiger partial charge in [-0.25, -0.2) is 13.0 Å². The Balaban J connectivity index is 0.000000275. The molecule has 1 aromatic heterocycles. The Morgan fingerprint density at radius 2 is 1.19 bits per heavy atom. The summed E-state index contributed by atoms with van der Waals surface area (Å²) in [4.78, 5) is 1.93. The van der Waals surface area contributed by atoms with Crippen LogP contribution in [-0.2, 0) is 16.7 Å². The number of pyridine rings is 1. The molecule has 0 radical (unpaired) electrons. The van der Waals surface area contributed by atoms with Gasteiger partial charge in [-0.1, -0.05) is 71.8 Å². The number of nitrogens with zero attached hydrogens (tertiary/aromatic N) is 2. The molecule has 0 saturated heterocycles. The van der Waals surface area contributed by atoms with Gasteiger partial charge in [0.15, 0.2) is 18.9 Å². The van der Waals surface area contributed by atoms with Gasteiger partial charge in [0.1, 0.15) is 10.1 Å². The molecule has 0 spiro atoms. The first-order chi connectivity index (χ1) is 17.1. The molecule has 4 rings (SSSR count). The van der Waals surface area contributed by atoms with E-state index in [0.29, 0.717) is 0 Å². The average molecular weight is 501 g/mol. The Morgan fingerprint density at radius 1 is 0.722 bits per heavy atom. The molecule has 1 heterocycles. The molecule has 5 nitrogen and oxygen atoms in total. The number of benzene rings is 3. The maximum absolute atomic E-state index is 10.4. The molecule has 0 N–H and O–H groups in total. The third kappa shape index (κ3) is 8.48. The van der Waals surface area contributed by atoms with Gasteiger partial charge in [0.2, 0.25) is 0 Å². The second-order valence-corrected chi connectivity index (χ2v) is 10.3. The summed E-state index contributed by atoms with van der Waals surface area (Å²) in [7, 11) is -0.157. The van der Waals surface area contributed by atoms with Crippen LogP contribution >= 0.6 is 0 Å². The third-order valence-electron chi connectivity index (χ3n) is 5.59. The molecular weight excluding hydrogens is 468 g/mol. The van der Waals surface area contributed by atoms with E-state index in [-0.39, 0.29) is 4.90 Å². The van der Waals surface area contributed by atoms with E-state index >= 15 is 0 Å². The van der Waals surface area contributed by atoms with E-state index < -0.39 is 10.1 Å². The summed E-state index contributed by atoms with van der Waals surface area (Å²) < 4.78 is 33.4. The van der Waals surface area contributed by atoms with Crippen molar-refractivity contribution in [1.29, 1.82) is 0 Å². The minimum atomic E-state index is -4.27. The molecule has 0 fully saturated rings. The highest BCUT2D eigenvalue weighted by molar-refractivity contribution is 7.85. The van der Waals surface area contributed by atoms with Crippen molar-refractivity contribution in [3.05, 3.63) is 125 Å². The van der Waals surface area contributed by atoms with Gasteiger partial charge < -0.3 is 9.45 Å². The summed E-state index contributed by atoms with van der Waals surface area (Å²) in [5.41, 5.74) is 7.18. The lowest BCUT2D eigenvalue weighted by Crippen LogP contribution is -2.33. The second-order valence-electron chi connectivity index (χ2n) is 8.88. The molecule has 0 aliphatic heterocycles. The molecule has 0 aliphatic carbocycles. The second kappa shape index (κ2) is 12.3. The zero-order valence-corrected chi connectivity index (χ0v) is 21.9. The van der Waals surface area contributed by atoms with Gasteiger partial charge in [-0.2, -0.15) is 0 Å². The minimum absolute atomic E-state index is 0.178. The first kappa shape index (κ1) is 26.9. The molecule has 0 unspecified atom stereocenters. The summed E-state index contributed by atoms with van der Waals surface area (Å²) in [5, 5.41) is 0. The summed E-state index contributed by atoms with van der Waals surface area (Å²) >= 11 is 0. The lowest BCUT2D eigenvalue weighted by Gasteiger charge is -2.11. The van der Waals surface area contributed by atoms with Gasteiger partial charge in [-0.3, -0.25) is 0 Å². The Labute approximate surface area is 214 Å². The third-order valence-corrected chi connectivity index (χ3v) is 6.44. The van der Waals surface area contributed by atoms with Gasteiger partial charge in [0.25, 0.3) is 0 Å². The molecule has 0 amide bonds. The van der Waals surface area contributed by atoms with Crippen molar-refractivity contribution >= 4 is 28.0 Å². The van der Waals surface area contributed by atoms with Crippen molar-refractivity contribution in [2.75, 3.05) is 19.0 Å². The zero-order valence-electron chi connectivity index (χ0n) is 21.1. The molecule has 0 saturated carbocycles. The maximum atomic E-state index is 10.4. The van der Waals surface area contributed by atoms with E-state index in [1.54, 1.807) is 12.1 Å². The maximum Gasteiger partial charge on any atom is 0.173 e. The molecule has 3 aromatic carbocycles. The fourth-order valence-electron chi connectivity index (χ4n) is 3.37. The van der Waals surface area contributed by atoms with Gasteiger partial charge in [-0.05, 0) is 49.2 Å². The van der Waals surface area contributed by atoms with E-state index in [9.17, 15) is 13.0 Å². The van der Waals surface area contributed by atoms with E-state index in [2.05, 4.69) is 116 Å². The Bertz CT molecular complexity index is 1380. The van der Waals surface area contributed by atoms with Crippen molar-refractivity contribution in [3.63, 3.8) is 0 Å². The summed E-state index contributed by atoms with van der Waals surface area (Å²) in [5.74, 6) is 0. The number of aryl methyl sites for hydroxylation is 2. The van der Waals surface area contributed by atoms with Crippen LogP contribution < -0.4 is 9.47 Å². The first-order valence-electron chi connectivity index (χ1n) is 11.6. The van der Waals surface area contributed by atoms with Crippen LogP contribution in [0.2, 0.25) is 0 Å². The molecular formula is C30H32N2O3S. The zero-order chi connectivity index (χ0) is 26.1. The van der Waals surface area contributed by atoms with Crippen molar-refractivity contribution in [1.82, 2.24) is 0 Å². The largest absolute Gasteiger partial charge is 0.744 e. The van der Waals surface area contributed by atoms with Gasteiger partial charge in [0.05, 0.1) is 4.90 Å². The van der Waals surface area contributed by atoms with Crippen LogP contribution in [-0.4, -0.2) is 27.1 Å². The summed E-state index contributed by atoms with van der Waals surface area (Å²) in [6, 6.07) is 27.4. The standard InChI is InChI=1S/C23H25N2.C7H8O3S/c1-19-4-6-22(7-5-19)18-25-16-14-21(15-17-25)9-8-20-10-12-23(13-11-20)24(2)3;1-6-2-4-7(5-3-6)11(8,9)10/h4-17H,18H2,1-3H3;2-5H,1H3,(H,8,9,10)/q+1;/p-1. The topological polar surface area (TPSA) is 64.3 Å². The average Bonchev–Trinajstić information content (AvgIpc) is 2.85. The number of rotatable bonds is 6. The fraction of sp³-hybridized carbons (Fsp3) is 0.167. The van der Waals surface area contributed by atoms with E-state index in [0.717, 1.165) is 12.1 Å². The molecule has 36 heavy (non-hydrogen) atoms. The highest BCUT2D eigenvalue weighted by Crippen LogP contribution is 2.14. The van der Waals surface area contributed by atoms with E-state index in [1.807, 2.05) is 6.92 Å². The number of hydrogen-bond donors (Lipinski definition) is 0. The van der Waals surface area contributed by atoms with Crippen LogP contribution in [0.3, 0.4) is 0 Å². The molecule has 0 aliphatic rings. The minimum Gasteiger partial charge on any atom is -0.744 e. The highest BCUT2D eigenvalue weighted by Gasteiger charge is 2.02. The highest BCUT2D eigenvalue weighted by atomic mass is 32.2. The Morgan fingerprint density at radius 3 is 1.67 bits per heavy atom. The smallest absolute Gasteiger partial charge is 0.173 e. The van der Waals surface area contributed by atoms with Crippen LogP contribution in [0.5, 0.6) is 0 Å². The first-order valence-corrected chi connectivity index (χ1v) is 13.0. The van der Waals surface area contributed by atoms with Crippen molar-refractivity contribution < 1.29 is 17.5 Å². The van der Waals surface area contributed by atoms with Crippen LogP contribution in [0.4, 0.5) is 5.69 Å². The van der Waals surface area contributed by atoms with Crippen molar-refractivity contribution in [2.45, 2.75) is 25.3 Å². The molecule has 0 bridgehead atoms. The van der Waals surface area contributed by atoms with Crippen molar-refractivity contribution in [2.24, 2.45) is 0 Å².